The minimum atomic E-state index is -0.315. The molecule has 0 heterocycles. The Kier molecular flexibility index (Phi) is 9.70. The van der Waals surface area contributed by atoms with Gasteiger partial charge >= 0.3 is 0 Å². The molecule has 0 aliphatic rings. The Labute approximate surface area is 245 Å². The SMILES string of the molecule is O=C(NN=Cc1cccc(OCc2ccccc2)c1)c1ccc(NN=Cc2cccc(OCc3ccccc3)c2)cc1. The van der Waals surface area contributed by atoms with Crippen molar-refractivity contribution in [3.05, 3.63) is 161 Å². The Morgan fingerprint density at radius 1 is 0.595 bits per heavy atom. The first-order valence-corrected chi connectivity index (χ1v) is 13.5. The molecule has 2 N–H and O–H groups in total. The van der Waals surface area contributed by atoms with Crippen LogP contribution in [0.3, 0.4) is 0 Å². The van der Waals surface area contributed by atoms with Gasteiger partial charge in [0.05, 0.1) is 18.1 Å². The summed E-state index contributed by atoms with van der Waals surface area (Å²) in [5, 5.41) is 8.39. The van der Waals surface area contributed by atoms with E-state index in [1.807, 2.05) is 109 Å². The normalized spacial score (nSPS) is 11.0. The van der Waals surface area contributed by atoms with E-state index in [0.717, 1.165) is 39.4 Å². The summed E-state index contributed by atoms with van der Waals surface area (Å²) in [6, 6.07) is 42.2. The zero-order valence-corrected chi connectivity index (χ0v) is 22.9. The highest BCUT2D eigenvalue weighted by atomic mass is 16.5. The van der Waals surface area contributed by atoms with Crippen molar-refractivity contribution >= 4 is 24.0 Å². The Morgan fingerprint density at radius 2 is 1.12 bits per heavy atom. The van der Waals surface area contributed by atoms with Crippen molar-refractivity contribution < 1.29 is 14.3 Å². The van der Waals surface area contributed by atoms with E-state index in [-0.39, 0.29) is 5.91 Å². The van der Waals surface area contributed by atoms with Crippen LogP contribution < -0.4 is 20.3 Å². The van der Waals surface area contributed by atoms with E-state index >= 15 is 0 Å². The maximum absolute atomic E-state index is 12.5. The number of hydrogen-bond donors (Lipinski definition) is 2. The minimum absolute atomic E-state index is 0.315. The van der Waals surface area contributed by atoms with Gasteiger partial charge in [-0.25, -0.2) is 5.43 Å². The maximum Gasteiger partial charge on any atom is 0.271 e. The van der Waals surface area contributed by atoms with Crippen molar-refractivity contribution in [1.29, 1.82) is 0 Å². The summed E-state index contributed by atoms with van der Waals surface area (Å²) in [4.78, 5) is 12.5. The quantitative estimate of drug-likeness (QED) is 0.128. The van der Waals surface area contributed by atoms with E-state index < -0.39 is 0 Å². The summed E-state index contributed by atoms with van der Waals surface area (Å²) >= 11 is 0. The van der Waals surface area contributed by atoms with E-state index in [1.54, 1.807) is 36.7 Å². The van der Waals surface area contributed by atoms with Crippen LogP contribution in [-0.2, 0) is 13.2 Å². The van der Waals surface area contributed by atoms with E-state index in [2.05, 4.69) is 21.1 Å². The predicted molar refractivity (Wildman–Crippen MR) is 167 cm³/mol. The fraction of sp³-hybridized carbons (Fsp3) is 0.0571. The summed E-state index contributed by atoms with van der Waals surface area (Å²) in [7, 11) is 0. The zero-order valence-electron chi connectivity index (χ0n) is 22.9. The standard InChI is InChI=1S/C35H30N4O3/c40-35(39-37-24-30-14-8-16-34(22-30)42-26-28-11-5-2-6-12-28)31-17-19-32(20-18-31)38-36-23-29-13-7-15-33(21-29)41-25-27-9-3-1-4-10-27/h1-24,38H,25-26H2,(H,39,40). The number of amides is 1. The molecule has 0 saturated heterocycles. The average molecular weight is 555 g/mol. The van der Waals surface area contributed by atoms with Crippen LogP contribution in [0.4, 0.5) is 5.69 Å². The lowest BCUT2D eigenvalue weighted by atomic mass is 10.2. The molecule has 0 spiro atoms. The summed E-state index contributed by atoms with van der Waals surface area (Å²) < 4.78 is 11.7. The largest absolute Gasteiger partial charge is 0.489 e. The van der Waals surface area contributed by atoms with Crippen LogP contribution in [0.2, 0.25) is 0 Å². The van der Waals surface area contributed by atoms with Gasteiger partial charge < -0.3 is 9.47 Å². The van der Waals surface area contributed by atoms with Crippen LogP contribution >= 0.6 is 0 Å². The van der Waals surface area contributed by atoms with Crippen LogP contribution in [0.5, 0.6) is 11.5 Å². The number of rotatable bonds is 12. The molecule has 0 bridgehead atoms. The smallest absolute Gasteiger partial charge is 0.271 e. The molecular weight excluding hydrogens is 524 g/mol. The van der Waals surface area contributed by atoms with Gasteiger partial charge in [-0.2, -0.15) is 10.2 Å². The molecule has 0 atom stereocenters. The third-order valence-electron chi connectivity index (χ3n) is 6.15. The first-order valence-electron chi connectivity index (χ1n) is 13.5. The zero-order chi connectivity index (χ0) is 28.8. The number of nitrogens with one attached hydrogen (secondary N) is 2. The molecule has 208 valence electrons. The molecule has 1 amide bonds. The van der Waals surface area contributed by atoms with Crippen LogP contribution in [-0.4, -0.2) is 18.3 Å². The second-order valence-corrected chi connectivity index (χ2v) is 9.34. The first-order chi connectivity index (χ1) is 20.7. The highest BCUT2D eigenvalue weighted by Crippen LogP contribution is 2.16. The molecule has 42 heavy (non-hydrogen) atoms. The van der Waals surface area contributed by atoms with E-state index in [0.29, 0.717) is 18.8 Å². The van der Waals surface area contributed by atoms with E-state index in [9.17, 15) is 4.79 Å². The average Bonchev–Trinajstić information content (AvgIpc) is 3.04. The van der Waals surface area contributed by atoms with E-state index in [4.69, 9.17) is 9.47 Å². The Balaban J connectivity index is 1.08. The first kappa shape index (κ1) is 27.9. The fourth-order valence-corrected chi connectivity index (χ4v) is 3.96. The number of benzene rings is 5. The van der Waals surface area contributed by atoms with Gasteiger partial charge in [-0.15, -0.1) is 0 Å². The fourth-order valence-electron chi connectivity index (χ4n) is 3.96. The lowest BCUT2D eigenvalue weighted by Gasteiger charge is -2.07. The van der Waals surface area contributed by atoms with Crippen LogP contribution in [0.15, 0.2) is 144 Å². The second kappa shape index (κ2) is 14.6. The Morgan fingerprint density at radius 3 is 1.67 bits per heavy atom. The number of anilines is 1. The maximum atomic E-state index is 12.5. The molecule has 0 fully saturated rings. The number of ether oxygens (including phenoxy) is 2. The topological polar surface area (TPSA) is 84.3 Å². The third-order valence-corrected chi connectivity index (χ3v) is 6.15. The molecule has 5 aromatic carbocycles. The van der Waals surface area contributed by atoms with E-state index in [1.165, 1.54) is 0 Å². The summed E-state index contributed by atoms with van der Waals surface area (Å²) in [5.74, 6) is 1.18. The number of carbonyl (C=O) groups excluding carboxylic acids is 1. The van der Waals surface area contributed by atoms with Crippen molar-refractivity contribution in [3.8, 4) is 11.5 Å². The molecule has 7 heteroatoms. The van der Waals surface area contributed by atoms with Gasteiger partial charge in [-0.3, -0.25) is 10.2 Å². The highest BCUT2D eigenvalue weighted by molar-refractivity contribution is 5.95. The van der Waals surface area contributed by atoms with Crippen LogP contribution in [0.25, 0.3) is 0 Å². The Bertz CT molecular complexity index is 1640. The Hall–Kier alpha value is -5.69. The van der Waals surface area contributed by atoms with Gasteiger partial charge in [-0.05, 0) is 70.8 Å². The number of carbonyl (C=O) groups is 1. The van der Waals surface area contributed by atoms with Crippen molar-refractivity contribution in [2.24, 2.45) is 10.2 Å². The number of nitrogens with zero attached hydrogens (tertiary/aromatic N) is 2. The van der Waals surface area contributed by atoms with Crippen molar-refractivity contribution in [2.75, 3.05) is 5.43 Å². The monoisotopic (exact) mass is 554 g/mol. The van der Waals surface area contributed by atoms with Gasteiger partial charge in [0.15, 0.2) is 0 Å². The second-order valence-electron chi connectivity index (χ2n) is 9.34. The van der Waals surface area contributed by atoms with Crippen LogP contribution in [0.1, 0.15) is 32.6 Å². The summed E-state index contributed by atoms with van der Waals surface area (Å²) in [6.07, 6.45) is 3.30. The molecule has 7 nitrogen and oxygen atoms in total. The lowest BCUT2D eigenvalue weighted by molar-refractivity contribution is 0.0955. The molecule has 0 radical (unpaired) electrons. The van der Waals surface area contributed by atoms with Crippen molar-refractivity contribution in [2.45, 2.75) is 13.2 Å². The third kappa shape index (κ3) is 8.66. The molecular formula is C35H30N4O3. The predicted octanol–water partition coefficient (Wildman–Crippen LogP) is 7.05. The van der Waals surface area contributed by atoms with Crippen molar-refractivity contribution in [3.63, 3.8) is 0 Å². The molecule has 5 rings (SSSR count). The molecule has 0 saturated carbocycles. The minimum Gasteiger partial charge on any atom is -0.489 e. The summed E-state index contributed by atoms with van der Waals surface area (Å²) in [5.41, 5.74) is 10.7. The summed E-state index contributed by atoms with van der Waals surface area (Å²) in [6.45, 7) is 0.980. The lowest BCUT2D eigenvalue weighted by Crippen LogP contribution is -2.17. The van der Waals surface area contributed by atoms with Gasteiger partial charge in [0.2, 0.25) is 0 Å². The van der Waals surface area contributed by atoms with Gasteiger partial charge in [0, 0.05) is 5.56 Å². The van der Waals surface area contributed by atoms with Gasteiger partial charge in [0.1, 0.15) is 24.7 Å². The highest BCUT2D eigenvalue weighted by Gasteiger charge is 2.04. The molecule has 0 unspecified atom stereocenters. The number of hydrogen-bond acceptors (Lipinski definition) is 6. The molecule has 0 aliphatic heterocycles. The van der Waals surface area contributed by atoms with Crippen LogP contribution in [0, 0.1) is 0 Å². The molecule has 5 aromatic rings. The van der Waals surface area contributed by atoms with Crippen molar-refractivity contribution in [1.82, 2.24) is 5.43 Å². The molecule has 0 aliphatic carbocycles. The number of hydrazone groups is 2. The van der Waals surface area contributed by atoms with Gasteiger partial charge in [-0.1, -0.05) is 84.9 Å². The van der Waals surface area contributed by atoms with Gasteiger partial charge in [0.25, 0.3) is 5.91 Å². The molecule has 0 aromatic heterocycles.